The van der Waals surface area contributed by atoms with Gasteiger partial charge in [-0.2, -0.15) is 19.6 Å². The number of benzene rings is 2. The molecule has 150 valence electrons. The van der Waals surface area contributed by atoms with Crippen molar-refractivity contribution >= 4 is 40.6 Å². The number of hydrogen-bond acceptors (Lipinski definition) is 5. The monoisotopic (exact) mass is 440 g/mol. The van der Waals surface area contributed by atoms with E-state index in [1.807, 2.05) is 35.2 Å². The van der Waals surface area contributed by atoms with Gasteiger partial charge in [-0.05, 0) is 17.7 Å². The van der Waals surface area contributed by atoms with E-state index in [0.717, 1.165) is 11.4 Å². The molecule has 6 nitrogen and oxygen atoms in total. The summed E-state index contributed by atoms with van der Waals surface area (Å²) < 4.78 is 16.4. The second kappa shape index (κ2) is 7.66. The Bertz CT molecular complexity index is 1250. The lowest BCUT2D eigenvalue weighted by Gasteiger charge is -2.25. The molecule has 5 rings (SSSR count). The maximum atomic E-state index is 14.9. The molecule has 0 radical (unpaired) electrons. The van der Waals surface area contributed by atoms with Crippen molar-refractivity contribution in [2.45, 2.75) is 6.42 Å². The predicted molar refractivity (Wildman–Crippen MR) is 116 cm³/mol. The third kappa shape index (κ3) is 3.20. The standard InChI is InChI=1S/C21H15Cl2FN6/c22-14-7-4-8-15(24)17(14)18-19(23)28-21-26-12-27-30(21)20(18)29-10-9-25-16(29)11-13-5-2-1-3-6-13/h1-8,12H,9-11H2. The van der Waals surface area contributed by atoms with E-state index < -0.39 is 5.82 Å². The van der Waals surface area contributed by atoms with Gasteiger partial charge in [0.25, 0.3) is 5.78 Å². The average molecular weight is 441 g/mol. The number of amidine groups is 1. The summed E-state index contributed by atoms with van der Waals surface area (Å²) in [7, 11) is 0. The van der Waals surface area contributed by atoms with Gasteiger partial charge in [-0.15, -0.1) is 0 Å². The molecule has 0 bridgehead atoms. The molecule has 0 fully saturated rings. The molecule has 1 aliphatic rings. The van der Waals surface area contributed by atoms with E-state index in [4.69, 9.17) is 23.2 Å². The summed E-state index contributed by atoms with van der Waals surface area (Å²) >= 11 is 12.9. The third-order valence-electron chi connectivity index (χ3n) is 4.96. The lowest BCUT2D eigenvalue weighted by atomic mass is 10.1. The average Bonchev–Trinajstić information content (AvgIpc) is 3.38. The van der Waals surface area contributed by atoms with Crippen molar-refractivity contribution in [3.8, 4) is 11.1 Å². The first kappa shape index (κ1) is 19.0. The van der Waals surface area contributed by atoms with Crippen molar-refractivity contribution in [1.82, 2.24) is 19.6 Å². The van der Waals surface area contributed by atoms with E-state index in [0.29, 0.717) is 36.7 Å². The van der Waals surface area contributed by atoms with Crippen molar-refractivity contribution < 1.29 is 4.39 Å². The van der Waals surface area contributed by atoms with Crippen LogP contribution in [0, 0.1) is 5.82 Å². The van der Waals surface area contributed by atoms with Crippen molar-refractivity contribution in [2.24, 2.45) is 4.99 Å². The highest BCUT2D eigenvalue weighted by atomic mass is 35.5. The molecule has 0 N–H and O–H groups in total. The Balaban J connectivity index is 1.72. The van der Waals surface area contributed by atoms with Crippen LogP contribution in [0.4, 0.5) is 10.2 Å². The van der Waals surface area contributed by atoms with Crippen LogP contribution in [0.2, 0.25) is 10.2 Å². The lowest BCUT2D eigenvalue weighted by Crippen LogP contribution is -2.32. The fourth-order valence-electron chi connectivity index (χ4n) is 3.66. The van der Waals surface area contributed by atoms with Crippen LogP contribution in [0.5, 0.6) is 0 Å². The molecular formula is C21H15Cl2FN6. The minimum atomic E-state index is -0.493. The van der Waals surface area contributed by atoms with Gasteiger partial charge in [0.15, 0.2) is 5.82 Å². The number of anilines is 1. The summed E-state index contributed by atoms with van der Waals surface area (Å²) in [5.74, 6) is 1.19. The topological polar surface area (TPSA) is 58.7 Å². The van der Waals surface area contributed by atoms with Crippen molar-refractivity contribution in [2.75, 3.05) is 18.0 Å². The summed E-state index contributed by atoms with van der Waals surface area (Å²) in [6, 6.07) is 14.5. The zero-order valence-corrected chi connectivity index (χ0v) is 17.1. The number of hydrogen-bond donors (Lipinski definition) is 0. The van der Waals surface area contributed by atoms with Gasteiger partial charge in [0.2, 0.25) is 0 Å². The smallest absolute Gasteiger partial charge is 0.255 e. The molecule has 0 unspecified atom stereocenters. The maximum absolute atomic E-state index is 14.9. The highest BCUT2D eigenvalue weighted by Gasteiger charge is 2.30. The Morgan fingerprint density at radius 2 is 1.83 bits per heavy atom. The number of aromatic nitrogens is 4. The summed E-state index contributed by atoms with van der Waals surface area (Å²) in [4.78, 5) is 15.1. The van der Waals surface area contributed by atoms with E-state index in [1.165, 1.54) is 12.4 Å². The first-order chi connectivity index (χ1) is 14.6. The molecule has 1 aliphatic heterocycles. The lowest BCUT2D eigenvalue weighted by molar-refractivity contribution is 0.631. The Labute approximate surface area is 181 Å². The molecule has 0 atom stereocenters. The second-order valence-electron chi connectivity index (χ2n) is 6.78. The normalized spacial score (nSPS) is 13.8. The summed E-state index contributed by atoms with van der Waals surface area (Å²) in [5.41, 5.74) is 1.65. The Morgan fingerprint density at radius 3 is 2.63 bits per heavy atom. The van der Waals surface area contributed by atoms with Crippen LogP contribution in [0.15, 0.2) is 59.9 Å². The van der Waals surface area contributed by atoms with E-state index in [1.54, 1.807) is 16.6 Å². The Hall–Kier alpha value is -3.03. The van der Waals surface area contributed by atoms with Crippen LogP contribution >= 0.6 is 23.2 Å². The van der Waals surface area contributed by atoms with Gasteiger partial charge in [-0.3, -0.25) is 4.99 Å². The number of nitrogens with zero attached hydrogens (tertiary/aromatic N) is 6. The number of aliphatic imine (C=N–C) groups is 1. The molecule has 0 saturated heterocycles. The van der Waals surface area contributed by atoms with Crippen molar-refractivity contribution in [3.63, 3.8) is 0 Å². The molecule has 2 aromatic carbocycles. The first-order valence-electron chi connectivity index (χ1n) is 9.32. The molecule has 0 amide bonds. The van der Waals surface area contributed by atoms with Gasteiger partial charge < -0.3 is 4.90 Å². The van der Waals surface area contributed by atoms with Gasteiger partial charge in [-0.25, -0.2) is 4.39 Å². The number of halogens is 3. The van der Waals surface area contributed by atoms with Gasteiger partial charge >= 0.3 is 0 Å². The van der Waals surface area contributed by atoms with Gasteiger partial charge in [-0.1, -0.05) is 59.6 Å². The zero-order chi connectivity index (χ0) is 20.7. The quantitative estimate of drug-likeness (QED) is 0.431. The SMILES string of the molecule is Fc1cccc(Cl)c1-c1c(Cl)nc2ncnn2c1N1CCN=C1Cc1ccccc1. The summed E-state index contributed by atoms with van der Waals surface area (Å²) in [6.45, 7) is 1.19. The van der Waals surface area contributed by atoms with Crippen LogP contribution in [-0.4, -0.2) is 38.5 Å². The van der Waals surface area contributed by atoms with Gasteiger partial charge in [0, 0.05) is 18.5 Å². The fourth-order valence-corrected chi connectivity index (χ4v) is 4.17. The Kier molecular flexibility index (Phi) is 4.84. The molecule has 30 heavy (non-hydrogen) atoms. The molecular weight excluding hydrogens is 426 g/mol. The number of rotatable bonds is 4. The molecule has 0 saturated carbocycles. The highest BCUT2D eigenvalue weighted by Crippen LogP contribution is 2.41. The van der Waals surface area contributed by atoms with E-state index in [2.05, 4.69) is 20.1 Å². The minimum Gasteiger partial charge on any atom is -0.312 e. The van der Waals surface area contributed by atoms with E-state index in [9.17, 15) is 4.39 Å². The van der Waals surface area contributed by atoms with Crippen LogP contribution in [0.3, 0.4) is 0 Å². The zero-order valence-electron chi connectivity index (χ0n) is 15.6. The predicted octanol–water partition coefficient (Wildman–Crippen LogP) is 4.70. The maximum Gasteiger partial charge on any atom is 0.255 e. The summed E-state index contributed by atoms with van der Waals surface area (Å²) in [5, 5.41) is 4.65. The molecule has 9 heteroatoms. The van der Waals surface area contributed by atoms with Crippen molar-refractivity contribution in [3.05, 3.63) is 76.4 Å². The van der Waals surface area contributed by atoms with Crippen LogP contribution in [0.25, 0.3) is 16.9 Å². The summed E-state index contributed by atoms with van der Waals surface area (Å²) in [6.07, 6.45) is 2.00. The molecule has 2 aromatic heterocycles. The van der Waals surface area contributed by atoms with E-state index in [-0.39, 0.29) is 15.7 Å². The van der Waals surface area contributed by atoms with Crippen molar-refractivity contribution in [1.29, 1.82) is 0 Å². The molecule has 3 heterocycles. The largest absolute Gasteiger partial charge is 0.312 e. The first-order valence-corrected chi connectivity index (χ1v) is 10.1. The Morgan fingerprint density at radius 1 is 1.00 bits per heavy atom. The van der Waals surface area contributed by atoms with Crippen LogP contribution in [-0.2, 0) is 6.42 Å². The second-order valence-corrected chi connectivity index (χ2v) is 7.55. The number of fused-ring (bicyclic) bond motifs is 1. The molecule has 0 spiro atoms. The van der Waals surface area contributed by atoms with Gasteiger partial charge in [0.1, 0.15) is 23.1 Å². The molecule has 0 aliphatic carbocycles. The van der Waals surface area contributed by atoms with Crippen LogP contribution in [0.1, 0.15) is 5.56 Å². The third-order valence-corrected chi connectivity index (χ3v) is 5.55. The minimum absolute atomic E-state index is 0.100. The van der Waals surface area contributed by atoms with Gasteiger partial charge in [0.05, 0.1) is 17.1 Å². The fraction of sp³-hybridized carbons (Fsp3) is 0.143. The molecule has 4 aromatic rings. The highest BCUT2D eigenvalue weighted by molar-refractivity contribution is 6.36. The van der Waals surface area contributed by atoms with Crippen LogP contribution < -0.4 is 4.90 Å². The van der Waals surface area contributed by atoms with E-state index >= 15 is 0 Å².